The van der Waals surface area contributed by atoms with Crippen molar-refractivity contribution in [3.8, 4) is 0 Å². The number of alkyl carbamates (subject to hydrolysis) is 1. The Morgan fingerprint density at radius 1 is 1.42 bits per heavy atom. The van der Waals surface area contributed by atoms with Crippen molar-refractivity contribution in [2.75, 3.05) is 32.8 Å². The molecule has 2 fully saturated rings. The van der Waals surface area contributed by atoms with Crippen LogP contribution >= 0.6 is 0 Å². The van der Waals surface area contributed by atoms with Crippen LogP contribution in [0.5, 0.6) is 0 Å². The van der Waals surface area contributed by atoms with Crippen LogP contribution in [0.1, 0.15) is 26.2 Å². The third-order valence-corrected chi connectivity index (χ3v) is 3.70. The number of piperidine rings is 1. The average Bonchev–Trinajstić information content (AvgIpc) is 2.34. The van der Waals surface area contributed by atoms with Crippen LogP contribution in [0.15, 0.2) is 0 Å². The van der Waals surface area contributed by atoms with E-state index in [1.54, 1.807) is 6.92 Å². The van der Waals surface area contributed by atoms with Crippen LogP contribution in [0.25, 0.3) is 0 Å². The molecule has 2 rings (SSSR count). The van der Waals surface area contributed by atoms with E-state index in [1.807, 2.05) is 4.90 Å². The van der Waals surface area contributed by atoms with Gasteiger partial charge in [0.05, 0.1) is 6.61 Å². The fourth-order valence-electron chi connectivity index (χ4n) is 2.53. The summed E-state index contributed by atoms with van der Waals surface area (Å²) in [6, 6.07) is 0.0243. The van der Waals surface area contributed by atoms with Crippen molar-refractivity contribution in [2.45, 2.75) is 32.2 Å². The maximum Gasteiger partial charge on any atom is 0.407 e. The predicted octanol–water partition coefficient (Wildman–Crippen LogP) is 0.333. The number of nitrogens with zero attached hydrogens (tertiary/aromatic N) is 1. The lowest BCUT2D eigenvalue weighted by atomic mass is 9.97. The zero-order chi connectivity index (χ0) is 13.7. The normalized spacial score (nSPS) is 23.6. The van der Waals surface area contributed by atoms with Gasteiger partial charge in [0, 0.05) is 25.6 Å². The van der Waals surface area contributed by atoms with Gasteiger partial charge in [-0.1, -0.05) is 0 Å². The Morgan fingerprint density at radius 3 is 2.84 bits per heavy atom. The third kappa shape index (κ3) is 4.09. The quantitative estimate of drug-likeness (QED) is 0.772. The summed E-state index contributed by atoms with van der Waals surface area (Å²) in [4.78, 5) is 25.4. The number of rotatable bonds is 4. The van der Waals surface area contributed by atoms with Gasteiger partial charge in [0.25, 0.3) is 0 Å². The van der Waals surface area contributed by atoms with E-state index < -0.39 is 0 Å². The molecule has 0 spiro atoms. The van der Waals surface area contributed by atoms with Crippen molar-refractivity contribution in [3.63, 3.8) is 0 Å². The molecule has 0 radical (unpaired) electrons. The van der Waals surface area contributed by atoms with E-state index in [2.05, 4.69) is 10.6 Å². The molecule has 1 atom stereocenters. The van der Waals surface area contributed by atoms with Crippen molar-refractivity contribution < 1.29 is 14.3 Å². The van der Waals surface area contributed by atoms with Crippen LogP contribution in [0, 0.1) is 5.92 Å². The van der Waals surface area contributed by atoms with Crippen LogP contribution < -0.4 is 10.6 Å². The number of carbonyl (C=O) groups is 2. The Bertz CT molecular complexity index is 331. The first-order chi connectivity index (χ1) is 9.19. The zero-order valence-corrected chi connectivity index (χ0v) is 11.5. The number of ether oxygens (including phenoxy) is 1. The molecule has 19 heavy (non-hydrogen) atoms. The number of nitrogens with one attached hydrogen (secondary N) is 2. The largest absolute Gasteiger partial charge is 0.450 e. The maximum absolute atomic E-state index is 12.1. The molecule has 6 heteroatoms. The summed E-state index contributed by atoms with van der Waals surface area (Å²) in [6.07, 6.45) is 2.09. The topological polar surface area (TPSA) is 70.7 Å². The molecule has 0 aliphatic carbocycles. The van der Waals surface area contributed by atoms with E-state index >= 15 is 0 Å². The number of amides is 2. The summed E-state index contributed by atoms with van der Waals surface area (Å²) < 4.78 is 4.87. The monoisotopic (exact) mass is 269 g/mol. The first-order valence-electron chi connectivity index (χ1n) is 7.10. The van der Waals surface area contributed by atoms with E-state index in [9.17, 15) is 9.59 Å². The molecule has 2 amide bonds. The first kappa shape index (κ1) is 14.1. The number of hydrogen-bond donors (Lipinski definition) is 2. The smallest absolute Gasteiger partial charge is 0.407 e. The third-order valence-electron chi connectivity index (χ3n) is 3.70. The fourth-order valence-corrected chi connectivity index (χ4v) is 2.53. The zero-order valence-electron chi connectivity index (χ0n) is 11.5. The second-order valence-corrected chi connectivity index (χ2v) is 5.27. The molecule has 0 saturated carbocycles. The van der Waals surface area contributed by atoms with Crippen LogP contribution in [0.2, 0.25) is 0 Å². The lowest BCUT2D eigenvalue weighted by Crippen LogP contribution is -2.51. The van der Waals surface area contributed by atoms with Gasteiger partial charge in [0.2, 0.25) is 5.91 Å². The molecule has 0 bridgehead atoms. The molecule has 1 unspecified atom stereocenters. The Labute approximate surface area is 113 Å². The molecule has 2 saturated heterocycles. The molecule has 0 aromatic heterocycles. The summed E-state index contributed by atoms with van der Waals surface area (Å²) in [7, 11) is 0. The minimum Gasteiger partial charge on any atom is -0.450 e. The summed E-state index contributed by atoms with van der Waals surface area (Å²) in [5, 5.41) is 5.99. The van der Waals surface area contributed by atoms with E-state index in [1.165, 1.54) is 0 Å². The molecule has 2 aliphatic heterocycles. The van der Waals surface area contributed by atoms with Gasteiger partial charge in [-0.05, 0) is 38.8 Å². The highest BCUT2D eigenvalue weighted by atomic mass is 16.5. The molecule has 0 aromatic rings. The average molecular weight is 269 g/mol. The minimum atomic E-state index is -0.384. The lowest BCUT2D eigenvalue weighted by molar-refractivity contribution is -0.133. The van der Waals surface area contributed by atoms with Gasteiger partial charge in [-0.3, -0.25) is 4.79 Å². The van der Waals surface area contributed by atoms with E-state index in [4.69, 9.17) is 4.74 Å². The van der Waals surface area contributed by atoms with Gasteiger partial charge in [-0.25, -0.2) is 4.79 Å². The Kier molecular flexibility index (Phi) is 5.01. The van der Waals surface area contributed by atoms with Gasteiger partial charge in [0.1, 0.15) is 0 Å². The SMILES string of the molecule is CCOC(=O)NC1CCCN(C(=O)CC2CNC2)C1. The van der Waals surface area contributed by atoms with Crippen LogP contribution in [0.4, 0.5) is 4.79 Å². The standard InChI is InChI=1S/C13H23N3O3/c1-2-19-13(18)15-11-4-3-5-16(9-11)12(17)6-10-7-14-8-10/h10-11,14H,2-9H2,1H3,(H,15,18). The van der Waals surface area contributed by atoms with Gasteiger partial charge in [0.15, 0.2) is 0 Å². The summed E-state index contributed by atoms with van der Waals surface area (Å²) in [6.45, 7) is 5.46. The Morgan fingerprint density at radius 2 is 2.21 bits per heavy atom. The highest BCUT2D eigenvalue weighted by Crippen LogP contribution is 2.15. The fraction of sp³-hybridized carbons (Fsp3) is 0.846. The second kappa shape index (κ2) is 6.75. The van der Waals surface area contributed by atoms with Gasteiger partial charge in [-0.2, -0.15) is 0 Å². The van der Waals surface area contributed by atoms with Crippen LogP contribution in [-0.4, -0.2) is 55.7 Å². The van der Waals surface area contributed by atoms with E-state index in [-0.39, 0.29) is 18.0 Å². The minimum absolute atomic E-state index is 0.0243. The highest BCUT2D eigenvalue weighted by molar-refractivity contribution is 5.77. The molecule has 2 N–H and O–H groups in total. The van der Waals surface area contributed by atoms with Gasteiger partial charge < -0.3 is 20.3 Å². The second-order valence-electron chi connectivity index (χ2n) is 5.27. The van der Waals surface area contributed by atoms with Crippen LogP contribution in [0.3, 0.4) is 0 Å². The number of hydrogen-bond acceptors (Lipinski definition) is 4. The van der Waals surface area contributed by atoms with Gasteiger partial charge in [-0.15, -0.1) is 0 Å². The maximum atomic E-state index is 12.1. The van der Waals surface area contributed by atoms with E-state index in [0.717, 1.165) is 32.5 Å². The van der Waals surface area contributed by atoms with Crippen molar-refractivity contribution in [1.82, 2.24) is 15.5 Å². The number of carbonyl (C=O) groups excluding carboxylic acids is 2. The highest BCUT2D eigenvalue weighted by Gasteiger charge is 2.28. The first-order valence-corrected chi connectivity index (χ1v) is 7.10. The molecule has 108 valence electrons. The lowest BCUT2D eigenvalue weighted by Gasteiger charge is -2.35. The summed E-state index contributed by atoms with van der Waals surface area (Å²) >= 11 is 0. The van der Waals surface area contributed by atoms with Crippen molar-refractivity contribution in [3.05, 3.63) is 0 Å². The van der Waals surface area contributed by atoms with Crippen LogP contribution in [-0.2, 0) is 9.53 Å². The van der Waals surface area contributed by atoms with E-state index in [0.29, 0.717) is 25.5 Å². The molecule has 2 aliphatic rings. The number of likely N-dealkylation sites (tertiary alicyclic amines) is 1. The molecular formula is C13H23N3O3. The molecule has 6 nitrogen and oxygen atoms in total. The summed E-state index contributed by atoms with van der Waals surface area (Å²) in [5.41, 5.74) is 0. The van der Waals surface area contributed by atoms with Gasteiger partial charge >= 0.3 is 6.09 Å². The van der Waals surface area contributed by atoms with Crippen molar-refractivity contribution >= 4 is 12.0 Å². The molecule has 0 aromatic carbocycles. The molecular weight excluding hydrogens is 246 g/mol. The summed E-state index contributed by atoms with van der Waals surface area (Å²) in [5.74, 6) is 0.702. The Hall–Kier alpha value is -1.30. The Balaban J connectivity index is 1.75. The van der Waals surface area contributed by atoms with Crippen molar-refractivity contribution in [2.24, 2.45) is 5.92 Å². The molecule has 2 heterocycles. The predicted molar refractivity (Wildman–Crippen MR) is 70.7 cm³/mol. The van der Waals surface area contributed by atoms with Crippen molar-refractivity contribution in [1.29, 1.82) is 0 Å².